The van der Waals surface area contributed by atoms with E-state index < -0.39 is 21.2 Å². The molecule has 23 heavy (non-hydrogen) atoms. The van der Waals surface area contributed by atoms with Crippen LogP contribution in [0.3, 0.4) is 0 Å². The van der Waals surface area contributed by atoms with Crippen LogP contribution in [0.4, 0.5) is 4.39 Å². The van der Waals surface area contributed by atoms with Crippen molar-refractivity contribution in [2.75, 3.05) is 5.75 Å². The first-order chi connectivity index (χ1) is 10.8. The van der Waals surface area contributed by atoms with Crippen LogP contribution < -0.4 is 5.56 Å². The molecule has 0 N–H and O–H groups in total. The van der Waals surface area contributed by atoms with Gasteiger partial charge in [0.15, 0.2) is 5.65 Å². The van der Waals surface area contributed by atoms with Crippen molar-refractivity contribution in [3.63, 3.8) is 0 Å². The van der Waals surface area contributed by atoms with Gasteiger partial charge in [-0.1, -0.05) is 30.4 Å². The number of aryl methyl sites for hydroxylation is 1. The number of para-hydroxylation sites is 1. The minimum atomic E-state index is -3.53. The molecule has 0 bridgehead atoms. The largest absolute Gasteiger partial charge is 0.277 e. The number of hydrogen-bond donors (Lipinski definition) is 0. The van der Waals surface area contributed by atoms with Crippen LogP contribution in [0.15, 0.2) is 33.7 Å². The summed E-state index contributed by atoms with van der Waals surface area (Å²) in [6, 6.07) is 4.47. The van der Waals surface area contributed by atoms with Gasteiger partial charge in [-0.2, -0.15) is 0 Å². The van der Waals surface area contributed by atoms with Gasteiger partial charge < -0.3 is 0 Å². The molecule has 0 spiro atoms. The molecule has 1 aromatic carbocycles. The third-order valence-electron chi connectivity index (χ3n) is 3.37. The number of nitrogens with zero attached hydrogens (tertiary/aromatic N) is 3. The molecule has 0 atom stereocenters. The fourth-order valence-electron chi connectivity index (χ4n) is 2.14. The Morgan fingerprint density at radius 2 is 2.09 bits per heavy atom. The van der Waals surface area contributed by atoms with E-state index in [-0.39, 0.29) is 26.1 Å². The normalized spacial score (nSPS) is 12.0. The number of sulfone groups is 1. The summed E-state index contributed by atoms with van der Waals surface area (Å²) in [7, 11) is -3.53. The zero-order valence-electron chi connectivity index (χ0n) is 12.3. The highest BCUT2D eigenvalue weighted by Crippen LogP contribution is 2.23. The van der Waals surface area contributed by atoms with Gasteiger partial charge in [0.25, 0.3) is 5.56 Å². The Kier molecular flexibility index (Phi) is 3.77. The van der Waals surface area contributed by atoms with Crippen molar-refractivity contribution < 1.29 is 12.8 Å². The molecule has 0 amide bonds. The first-order valence-electron chi connectivity index (χ1n) is 6.71. The van der Waals surface area contributed by atoms with E-state index in [1.165, 1.54) is 13.0 Å². The van der Waals surface area contributed by atoms with Gasteiger partial charge >= 0.3 is 0 Å². The van der Waals surface area contributed by atoms with Crippen molar-refractivity contribution in [1.29, 1.82) is 0 Å². The lowest BCUT2D eigenvalue weighted by Crippen LogP contribution is -2.19. The maximum Gasteiger partial charge on any atom is 0.277 e. The van der Waals surface area contributed by atoms with Crippen molar-refractivity contribution in [3.8, 4) is 5.69 Å². The molecule has 0 unspecified atom stereocenters. The third-order valence-corrected chi connectivity index (χ3v) is 6.60. The van der Waals surface area contributed by atoms with E-state index in [1.807, 2.05) is 0 Å². The molecule has 0 saturated heterocycles. The number of aromatic nitrogens is 3. The van der Waals surface area contributed by atoms with Crippen LogP contribution in [0.1, 0.15) is 12.5 Å². The Bertz CT molecular complexity index is 1050. The van der Waals surface area contributed by atoms with Gasteiger partial charge in [-0.3, -0.25) is 9.36 Å². The molecule has 120 valence electrons. The predicted octanol–water partition coefficient (Wildman–Crippen LogP) is 2.08. The second-order valence-electron chi connectivity index (χ2n) is 4.86. The van der Waals surface area contributed by atoms with E-state index in [0.29, 0.717) is 5.56 Å². The Hall–Kier alpha value is -2.13. The number of fused-ring (bicyclic) bond motifs is 1. The summed E-state index contributed by atoms with van der Waals surface area (Å²) in [6.45, 7) is 3.17. The molecular weight excluding hydrogens is 341 g/mol. The summed E-state index contributed by atoms with van der Waals surface area (Å²) in [5.74, 6) is -0.674. The summed E-state index contributed by atoms with van der Waals surface area (Å²) < 4.78 is 38.9. The van der Waals surface area contributed by atoms with Crippen LogP contribution in [-0.4, -0.2) is 28.7 Å². The van der Waals surface area contributed by atoms with Crippen molar-refractivity contribution in [2.24, 2.45) is 0 Å². The summed E-state index contributed by atoms with van der Waals surface area (Å²) >= 11 is 0.759. The quantitative estimate of drug-likeness (QED) is 0.720. The lowest BCUT2D eigenvalue weighted by Gasteiger charge is -2.09. The van der Waals surface area contributed by atoms with Gasteiger partial charge in [-0.15, -0.1) is 0 Å². The second-order valence-corrected chi connectivity index (χ2v) is 8.31. The maximum absolute atomic E-state index is 14.1. The van der Waals surface area contributed by atoms with Crippen molar-refractivity contribution >= 4 is 31.5 Å². The Labute approximate surface area is 135 Å². The number of thiazole rings is 1. The van der Waals surface area contributed by atoms with Gasteiger partial charge in [-0.05, 0) is 18.6 Å². The molecule has 3 aromatic rings. The first-order valence-corrected chi connectivity index (χ1v) is 9.18. The van der Waals surface area contributed by atoms with Gasteiger partial charge in [0.05, 0.1) is 11.4 Å². The van der Waals surface area contributed by atoms with Crippen molar-refractivity contribution in [3.05, 3.63) is 46.3 Å². The smallest absolute Gasteiger partial charge is 0.267 e. The average molecular weight is 353 g/mol. The zero-order valence-corrected chi connectivity index (χ0v) is 13.9. The molecule has 2 aromatic heterocycles. The molecule has 3 rings (SSSR count). The third kappa shape index (κ3) is 2.55. The van der Waals surface area contributed by atoms with Crippen LogP contribution >= 0.6 is 11.3 Å². The molecule has 0 aliphatic carbocycles. The van der Waals surface area contributed by atoms with E-state index >= 15 is 0 Å². The minimum Gasteiger partial charge on any atom is -0.267 e. The van der Waals surface area contributed by atoms with E-state index in [0.717, 1.165) is 22.2 Å². The van der Waals surface area contributed by atoms with Gasteiger partial charge in [0.1, 0.15) is 16.8 Å². The Morgan fingerprint density at radius 1 is 1.35 bits per heavy atom. The molecule has 0 aliphatic rings. The zero-order chi connectivity index (χ0) is 16.8. The molecular formula is C14H12FN3O3S2. The highest BCUT2D eigenvalue weighted by atomic mass is 32.2. The maximum atomic E-state index is 14.1. The molecule has 2 heterocycles. The first kappa shape index (κ1) is 15.8. The second kappa shape index (κ2) is 5.50. The molecule has 0 radical (unpaired) electrons. The summed E-state index contributed by atoms with van der Waals surface area (Å²) in [5, 5.41) is 0. The van der Waals surface area contributed by atoms with Crippen LogP contribution in [0.5, 0.6) is 0 Å². The standard InChI is InChI=1S/C14H12FN3O3S2/c1-3-23(20,21)14-17-12-11(22-14)13(19)18(7-16-12)10-8(2)5-4-6-9(10)15/h4-7H,3H2,1-2H3. The average Bonchev–Trinajstić information content (AvgIpc) is 2.95. The van der Waals surface area contributed by atoms with Crippen LogP contribution in [0.2, 0.25) is 0 Å². The topological polar surface area (TPSA) is 81.9 Å². The monoisotopic (exact) mass is 353 g/mol. The Balaban J connectivity index is 2.31. The van der Waals surface area contributed by atoms with Crippen molar-refractivity contribution in [1.82, 2.24) is 14.5 Å². The minimum absolute atomic E-state index is 0.0530. The fourth-order valence-corrected chi connectivity index (χ4v) is 4.40. The highest BCUT2D eigenvalue weighted by Gasteiger charge is 2.21. The SMILES string of the molecule is CCS(=O)(=O)c1nc2ncn(-c3c(C)cccc3F)c(=O)c2s1. The highest BCUT2D eigenvalue weighted by molar-refractivity contribution is 7.93. The van der Waals surface area contributed by atoms with Gasteiger partial charge in [-0.25, -0.2) is 22.8 Å². The molecule has 6 nitrogen and oxygen atoms in total. The van der Waals surface area contributed by atoms with E-state index in [9.17, 15) is 17.6 Å². The van der Waals surface area contributed by atoms with Crippen molar-refractivity contribution in [2.45, 2.75) is 18.2 Å². The Morgan fingerprint density at radius 3 is 2.74 bits per heavy atom. The number of benzene rings is 1. The molecule has 0 aliphatic heterocycles. The van der Waals surface area contributed by atoms with Gasteiger partial charge in [0.2, 0.25) is 14.2 Å². The molecule has 0 saturated carbocycles. The number of hydrogen-bond acceptors (Lipinski definition) is 6. The van der Waals surface area contributed by atoms with E-state index in [1.54, 1.807) is 19.1 Å². The lowest BCUT2D eigenvalue weighted by atomic mass is 10.2. The summed E-state index contributed by atoms with van der Waals surface area (Å²) in [4.78, 5) is 20.5. The van der Waals surface area contributed by atoms with Crippen LogP contribution in [-0.2, 0) is 9.84 Å². The summed E-state index contributed by atoms with van der Waals surface area (Å²) in [6.07, 6.45) is 1.16. The summed E-state index contributed by atoms with van der Waals surface area (Å²) in [5.41, 5.74) is 0.176. The predicted molar refractivity (Wildman–Crippen MR) is 85.4 cm³/mol. The van der Waals surface area contributed by atoms with Gasteiger partial charge in [0, 0.05) is 0 Å². The van der Waals surface area contributed by atoms with Crippen LogP contribution in [0, 0.1) is 12.7 Å². The molecule has 0 fully saturated rings. The molecule has 9 heteroatoms. The van der Waals surface area contributed by atoms with E-state index in [4.69, 9.17) is 0 Å². The number of rotatable bonds is 3. The van der Waals surface area contributed by atoms with E-state index in [2.05, 4.69) is 9.97 Å². The number of halogens is 1. The lowest BCUT2D eigenvalue weighted by molar-refractivity contribution is 0.596. The van der Waals surface area contributed by atoms with Crippen LogP contribution in [0.25, 0.3) is 16.0 Å². The fraction of sp³-hybridized carbons (Fsp3) is 0.214.